The zero-order chi connectivity index (χ0) is 29.0. The maximum atomic E-state index is 13.9. The van der Waals surface area contributed by atoms with Crippen molar-refractivity contribution in [2.24, 2.45) is 0 Å². The number of hydrogen-bond donors (Lipinski definition) is 1. The second kappa shape index (κ2) is 12.9. The van der Waals surface area contributed by atoms with E-state index in [4.69, 9.17) is 21.3 Å². The first-order chi connectivity index (χ1) is 19.1. The van der Waals surface area contributed by atoms with E-state index < -0.39 is 5.25 Å². The molecule has 0 aliphatic carbocycles. The summed E-state index contributed by atoms with van der Waals surface area (Å²) in [5.41, 5.74) is 2.03. The van der Waals surface area contributed by atoms with Crippen LogP contribution < -0.4 is 15.6 Å². The average molecular weight is 599 g/mol. The number of fused-ring (bicyclic) bond motifs is 1. The minimum Gasteiger partial charge on any atom is -0.497 e. The number of carbonyl (C=O) groups is 2. The number of halogens is 1. The lowest BCUT2D eigenvalue weighted by Gasteiger charge is -2.18. The number of nitrogens with one attached hydrogen (secondary N) is 1. The van der Waals surface area contributed by atoms with E-state index in [0.29, 0.717) is 61.7 Å². The summed E-state index contributed by atoms with van der Waals surface area (Å²) >= 11 is 8.50. The van der Waals surface area contributed by atoms with E-state index >= 15 is 0 Å². The average Bonchev–Trinajstić information content (AvgIpc) is 3.27. The van der Waals surface area contributed by atoms with Gasteiger partial charge in [-0.05, 0) is 55.2 Å². The zero-order valence-corrected chi connectivity index (χ0v) is 25.4. The molecule has 0 aliphatic rings. The minimum atomic E-state index is -0.513. The van der Waals surface area contributed by atoms with Crippen LogP contribution in [-0.2, 0) is 17.8 Å². The molecule has 40 heavy (non-hydrogen) atoms. The fraction of sp³-hybridized carbons (Fsp3) is 0.310. The molecule has 2 aromatic carbocycles. The number of benzene rings is 2. The molecule has 0 radical (unpaired) electrons. The van der Waals surface area contributed by atoms with Gasteiger partial charge in [-0.1, -0.05) is 48.5 Å². The maximum absolute atomic E-state index is 13.9. The molecule has 2 amide bonds. The summed E-state index contributed by atoms with van der Waals surface area (Å²) in [5, 5.41) is 3.94. The molecule has 2 heterocycles. The van der Waals surface area contributed by atoms with Crippen molar-refractivity contribution in [2.45, 2.75) is 43.6 Å². The van der Waals surface area contributed by atoms with Gasteiger partial charge in [-0.2, -0.15) is 0 Å². The fourth-order valence-corrected chi connectivity index (χ4v) is 6.57. The molecule has 0 fully saturated rings. The van der Waals surface area contributed by atoms with E-state index in [-0.39, 0.29) is 17.4 Å². The Bertz CT molecular complexity index is 1600. The number of aromatic nitrogens is 2. The number of thioether (sulfide) groups is 1. The lowest BCUT2D eigenvalue weighted by Crippen LogP contribution is -2.28. The van der Waals surface area contributed by atoms with Crippen LogP contribution in [0.5, 0.6) is 5.75 Å². The highest BCUT2D eigenvalue weighted by Crippen LogP contribution is 2.32. The van der Waals surface area contributed by atoms with Gasteiger partial charge in [0.15, 0.2) is 5.16 Å². The van der Waals surface area contributed by atoms with Crippen LogP contribution >= 0.6 is 34.7 Å². The molecule has 210 valence electrons. The van der Waals surface area contributed by atoms with Crippen molar-refractivity contribution in [1.29, 1.82) is 0 Å². The summed E-state index contributed by atoms with van der Waals surface area (Å²) in [5.74, 6) is 0.258. The van der Waals surface area contributed by atoms with Gasteiger partial charge in [0.25, 0.3) is 11.5 Å². The van der Waals surface area contributed by atoms with Crippen molar-refractivity contribution < 1.29 is 14.3 Å². The SMILES string of the molecule is CCC(Sc1nc2sc(C(=O)N(C)C)c(C)c2c(=O)n1CCc1ccc(Cl)cc1)C(=O)Nc1cccc(OC)c1. The Morgan fingerprint density at radius 1 is 1.20 bits per heavy atom. The summed E-state index contributed by atoms with van der Waals surface area (Å²) in [6.45, 7) is 4.05. The number of hydrogen-bond acceptors (Lipinski definition) is 7. The summed E-state index contributed by atoms with van der Waals surface area (Å²) in [4.78, 5) is 47.3. The number of aryl methyl sites for hydroxylation is 2. The number of methoxy groups -OCH3 is 1. The number of carbonyl (C=O) groups excluding carboxylic acids is 2. The highest BCUT2D eigenvalue weighted by molar-refractivity contribution is 8.00. The summed E-state index contributed by atoms with van der Waals surface area (Å²) in [6, 6.07) is 14.6. The van der Waals surface area contributed by atoms with Gasteiger partial charge in [-0.3, -0.25) is 19.0 Å². The highest BCUT2D eigenvalue weighted by Gasteiger charge is 2.26. The molecular weight excluding hydrogens is 568 g/mol. The number of anilines is 1. The van der Waals surface area contributed by atoms with E-state index in [9.17, 15) is 14.4 Å². The van der Waals surface area contributed by atoms with Crippen molar-refractivity contribution in [3.8, 4) is 5.75 Å². The number of amides is 2. The molecule has 11 heteroatoms. The van der Waals surface area contributed by atoms with Crippen LogP contribution in [0.15, 0.2) is 58.5 Å². The zero-order valence-electron chi connectivity index (χ0n) is 23.0. The second-order valence-electron chi connectivity index (χ2n) is 9.40. The van der Waals surface area contributed by atoms with Gasteiger partial charge in [-0.15, -0.1) is 11.3 Å². The third-order valence-electron chi connectivity index (χ3n) is 6.40. The Labute approximate surface area is 246 Å². The molecule has 0 saturated heterocycles. The van der Waals surface area contributed by atoms with Gasteiger partial charge in [0.05, 0.1) is 22.6 Å². The summed E-state index contributed by atoms with van der Waals surface area (Å²) in [6.07, 6.45) is 1.08. The lowest BCUT2D eigenvalue weighted by molar-refractivity contribution is -0.115. The summed E-state index contributed by atoms with van der Waals surface area (Å²) < 4.78 is 6.88. The normalized spacial score (nSPS) is 11.8. The van der Waals surface area contributed by atoms with Crippen LogP contribution in [-0.4, -0.2) is 52.7 Å². The van der Waals surface area contributed by atoms with E-state index in [0.717, 1.165) is 5.56 Å². The van der Waals surface area contributed by atoms with Crippen molar-refractivity contribution in [3.05, 3.63) is 79.9 Å². The van der Waals surface area contributed by atoms with E-state index in [1.54, 1.807) is 57.0 Å². The van der Waals surface area contributed by atoms with Crippen molar-refractivity contribution in [3.63, 3.8) is 0 Å². The first-order valence-electron chi connectivity index (χ1n) is 12.7. The standard InChI is InChI=1S/C29H31ClN4O4S2/c1-6-22(25(35)31-20-8-7-9-21(16-20)38-5)39-29-32-26-23(17(2)24(40-26)28(37)33(3)4)27(36)34(29)15-14-18-10-12-19(30)13-11-18/h7-13,16,22H,6,14-15H2,1-5H3,(H,31,35). The molecule has 0 bridgehead atoms. The van der Waals surface area contributed by atoms with Crippen molar-refractivity contribution >= 4 is 62.4 Å². The third kappa shape index (κ3) is 6.51. The van der Waals surface area contributed by atoms with Crippen LogP contribution in [0.1, 0.15) is 34.1 Å². The Kier molecular flexibility index (Phi) is 9.55. The molecule has 1 N–H and O–H groups in total. The Morgan fingerprint density at radius 2 is 1.93 bits per heavy atom. The molecule has 2 aromatic heterocycles. The fourth-order valence-electron chi connectivity index (χ4n) is 4.16. The maximum Gasteiger partial charge on any atom is 0.263 e. The first-order valence-corrected chi connectivity index (χ1v) is 14.8. The molecule has 0 saturated carbocycles. The number of nitrogens with zero attached hydrogens (tertiary/aromatic N) is 3. The predicted octanol–water partition coefficient (Wildman–Crippen LogP) is 5.88. The quantitative estimate of drug-likeness (QED) is 0.181. The second-order valence-corrected chi connectivity index (χ2v) is 12.0. The Balaban J connectivity index is 1.72. The topological polar surface area (TPSA) is 93.5 Å². The smallest absolute Gasteiger partial charge is 0.263 e. The molecule has 0 aliphatic heterocycles. The van der Waals surface area contributed by atoms with Gasteiger partial charge >= 0.3 is 0 Å². The molecular formula is C29H31ClN4O4S2. The van der Waals surface area contributed by atoms with Crippen molar-refractivity contribution in [1.82, 2.24) is 14.5 Å². The van der Waals surface area contributed by atoms with Gasteiger partial charge in [0.1, 0.15) is 10.6 Å². The van der Waals surface area contributed by atoms with Crippen LogP contribution in [0.2, 0.25) is 5.02 Å². The largest absolute Gasteiger partial charge is 0.497 e. The molecule has 8 nitrogen and oxygen atoms in total. The molecule has 1 unspecified atom stereocenters. The van der Waals surface area contributed by atoms with E-state index in [2.05, 4.69) is 5.32 Å². The molecule has 4 rings (SSSR count). The molecule has 1 atom stereocenters. The van der Waals surface area contributed by atoms with Crippen LogP contribution in [0.25, 0.3) is 10.2 Å². The van der Waals surface area contributed by atoms with E-state index in [1.807, 2.05) is 31.2 Å². The Hall–Kier alpha value is -3.34. The first kappa shape index (κ1) is 29.6. The Morgan fingerprint density at radius 3 is 2.58 bits per heavy atom. The minimum absolute atomic E-state index is 0.175. The predicted molar refractivity (Wildman–Crippen MR) is 163 cm³/mol. The van der Waals surface area contributed by atoms with Gasteiger partial charge in [-0.25, -0.2) is 4.98 Å². The monoisotopic (exact) mass is 598 g/mol. The molecule has 0 spiro atoms. The number of rotatable bonds is 10. The van der Waals surface area contributed by atoms with E-state index in [1.165, 1.54) is 28.0 Å². The highest BCUT2D eigenvalue weighted by atomic mass is 35.5. The lowest BCUT2D eigenvalue weighted by atomic mass is 10.1. The molecule has 4 aromatic rings. The van der Waals surface area contributed by atoms with Crippen LogP contribution in [0, 0.1) is 6.92 Å². The third-order valence-corrected chi connectivity index (χ3v) is 9.18. The number of ether oxygens (including phenoxy) is 1. The van der Waals surface area contributed by atoms with Gasteiger partial charge in [0.2, 0.25) is 5.91 Å². The van der Waals surface area contributed by atoms with Crippen LogP contribution in [0.3, 0.4) is 0 Å². The van der Waals surface area contributed by atoms with Crippen LogP contribution in [0.4, 0.5) is 5.69 Å². The summed E-state index contributed by atoms with van der Waals surface area (Å²) in [7, 11) is 4.93. The number of thiophene rings is 1. The van der Waals surface area contributed by atoms with Gasteiger partial charge in [0, 0.05) is 37.4 Å². The van der Waals surface area contributed by atoms with Crippen molar-refractivity contribution in [2.75, 3.05) is 26.5 Å². The van der Waals surface area contributed by atoms with Gasteiger partial charge < -0.3 is 15.0 Å².